The number of anilines is 2. The molecule has 3 aliphatic rings. The summed E-state index contributed by atoms with van der Waals surface area (Å²) in [5.74, 6) is -3.64. The van der Waals surface area contributed by atoms with Crippen LogP contribution in [-0.4, -0.2) is 74.8 Å². The molecule has 182 valence electrons. The number of carbonyl (C=O) groups is 1. The normalized spacial score (nSPS) is 23.2. The minimum atomic E-state index is -3.88. The van der Waals surface area contributed by atoms with Crippen LogP contribution in [0.3, 0.4) is 0 Å². The number of hydrogen-bond donors (Lipinski definition) is 0. The Bertz CT molecular complexity index is 1230. The molecule has 1 aliphatic carbocycles. The Morgan fingerprint density at radius 2 is 1.79 bits per heavy atom. The third-order valence-electron chi connectivity index (χ3n) is 6.90. The van der Waals surface area contributed by atoms with Gasteiger partial charge >= 0.3 is 10.2 Å². The van der Waals surface area contributed by atoms with E-state index in [1.807, 2.05) is 17.2 Å². The van der Waals surface area contributed by atoms with Crippen LogP contribution in [0, 0.1) is 5.92 Å². The van der Waals surface area contributed by atoms with Crippen molar-refractivity contribution in [2.24, 2.45) is 5.92 Å². The average Bonchev–Trinajstić information content (AvgIpc) is 3.37. The first kappa shape index (κ1) is 23.0. The van der Waals surface area contributed by atoms with Crippen molar-refractivity contribution in [3.63, 3.8) is 0 Å². The van der Waals surface area contributed by atoms with Crippen molar-refractivity contribution < 1.29 is 22.0 Å². The number of halogens is 2. The summed E-state index contributed by atoms with van der Waals surface area (Å²) in [6.45, 7) is 5.06. The number of amides is 1. The molecule has 0 bridgehead atoms. The Morgan fingerprint density at radius 1 is 1.09 bits per heavy atom. The monoisotopic (exact) mass is 491 g/mol. The van der Waals surface area contributed by atoms with E-state index in [0.717, 1.165) is 38.4 Å². The third-order valence-corrected chi connectivity index (χ3v) is 8.69. The molecular weight excluding hydrogens is 464 g/mol. The van der Waals surface area contributed by atoms with Crippen LogP contribution in [0.1, 0.15) is 18.9 Å². The minimum absolute atomic E-state index is 0.0938. The summed E-state index contributed by atoms with van der Waals surface area (Å²) in [7, 11) is -2.44. The Kier molecular flexibility index (Phi) is 5.51. The van der Waals surface area contributed by atoms with E-state index in [0.29, 0.717) is 31.0 Å². The van der Waals surface area contributed by atoms with Gasteiger partial charge in [-0.15, -0.1) is 0 Å². The van der Waals surface area contributed by atoms with E-state index in [1.54, 1.807) is 31.3 Å². The molecule has 1 amide bonds. The largest absolute Gasteiger partial charge is 0.340 e. The molecule has 34 heavy (non-hydrogen) atoms. The number of aromatic nitrogens is 1. The van der Waals surface area contributed by atoms with Gasteiger partial charge in [-0.05, 0) is 29.3 Å². The molecular formula is C23H27F2N5O3S. The highest BCUT2D eigenvalue weighted by molar-refractivity contribution is 7.94. The Hall–Kier alpha value is -2.79. The van der Waals surface area contributed by atoms with E-state index in [4.69, 9.17) is 0 Å². The molecule has 0 spiro atoms. The summed E-state index contributed by atoms with van der Waals surface area (Å²) < 4.78 is 54.9. The Morgan fingerprint density at radius 3 is 2.44 bits per heavy atom. The lowest BCUT2D eigenvalue weighted by Crippen LogP contribution is -2.47. The highest BCUT2D eigenvalue weighted by atomic mass is 32.2. The van der Waals surface area contributed by atoms with E-state index in [1.165, 1.54) is 7.05 Å². The van der Waals surface area contributed by atoms with Crippen molar-refractivity contribution in [3.05, 3.63) is 42.2 Å². The maximum absolute atomic E-state index is 13.5. The molecule has 0 radical (unpaired) electrons. The highest BCUT2D eigenvalue weighted by Gasteiger charge is 2.59. The minimum Gasteiger partial charge on any atom is -0.340 e. The SMILES string of the molecule is CC(=O)N1CCN(Cc2cncc(-c3ccc4c(c3)N(C)S(=O)(=O)N4CC3CC3(F)F)c2)CC1. The fourth-order valence-corrected chi connectivity index (χ4v) is 6.10. The van der Waals surface area contributed by atoms with Gasteiger partial charge in [-0.2, -0.15) is 8.42 Å². The van der Waals surface area contributed by atoms with Gasteiger partial charge in [0.25, 0.3) is 5.92 Å². The zero-order valence-corrected chi connectivity index (χ0v) is 19.9. The van der Waals surface area contributed by atoms with Crippen molar-refractivity contribution in [2.75, 3.05) is 48.4 Å². The second-order valence-corrected chi connectivity index (χ2v) is 11.1. The second-order valence-electron chi connectivity index (χ2n) is 9.24. The maximum Gasteiger partial charge on any atom is 0.326 e. The van der Waals surface area contributed by atoms with Crippen molar-refractivity contribution >= 4 is 27.5 Å². The third kappa shape index (κ3) is 4.11. The summed E-state index contributed by atoms with van der Waals surface area (Å²) in [5.41, 5.74) is 3.55. The van der Waals surface area contributed by atoms with E-state index >= 15 is 0 Å². The maximum atomic E-state index is 13.5. The lowest BCUT2D eigenvalue weighted by Gasteiger charge is -2.34. The molecule has 1 atom stereocenters. The molecule has 1 aromatic heterocycles. The van der Waals surface area contributed by atoms with Gasteiger partial charge in [0.2, 0.25) is 5.91 Å². The molecule has 1 unspecified atom stereocenters. The summed E-state index contributed by atoms with van der Waals surface area (Å²) >= 11 is 0. The van der Waals surface area contributed by atoms with Crippen LogP contribution < -0.4 is 8.61 Å². The van der Waals surface area contributed by atoms with E-state index < -0.39 is 22.0 Å². The average molecular weight is 492 g/mol. The molecule has 1 saturated heterocycles. The smallest absolute Gasteiger partial charge is 0.326 e. The van der Waals surface area contributed by atoms with Gasteiger partial charge in [-0.25, -0.2) is 8.78 Å². The fourth-order valence-electron chi connectivity index (χ4n) is 4.63. The van der Waals surface area contributed by atoms with E-state index in [-0.39, 0.29) is 18.9 Å². The standard InChI is InChI=1S/C23H27F2N5O3S/c1-16(31)29-7-5-28(6-8-29)14-17-9-19(13-26-12-17)18-3-4-21-22(10-18)27(2)34(32,33)30(21)15-20-11-23(20,24)25/h3-4,9-10,12-13,20H,5-8,11,14-15H2,1-2H3. The molecule has 0 N–H and O–H groups in total. The van der Waals surface area contributed by atoms with Crippen molar-refractivity contribution in [1.82, 2.24) is 14.8 Å². The zero-order chi connectivity index (χ0) is 24.3. The molecule has 1 aromatic carbocycles. The van der Waals surface area contributed by atoms with Crippen LogP contribution in [0.5, 0.6) is 0 Å². The van der Waals surface area contributed by atoms with Crippen LogP contribution in [-0.2, 0) is 21.5 Å². The summed E-state index contributed by atoms with van der Waals surface area (Å²) in [5, 5.41) is 0. The van der Waals surface area contributed by atoms with Crippen molar-refractivity contribution in [2.45, 2.75) is 25.8 Å². The molecule has 5 rings (SSSR count). The molecule has 2 fully saturated rings. The summed E-state index contributed by atoms with van der Waals surface area (Å²) in [6.07, 6.45) is 3.26. The number of piperazine rings is 1. The number of fused-ring (bicyclic) bond motifs is 1. The van der Waals surface area contributed by atoms with E-state index in [2.05, 4.69) is 9.88 Å². The topological polar surface area (TPSA) is 77.1 Å². The number of pyridine rings is 1. The van der Waals surface area contributed by atoms with Gasteiger partial charge in [0, 0.05) is 83.5 Å². The van der Waals surface area contributed by atoms with Gasteiger partial charge < -0.3 is 4.90 Å². The van der Waals surface area contributed by atoms with Gasteiger partial charge in [0.1, 0.15) is 0 Å². The van der Waals surface area contributed by atoms with Crippen LogP contribution in [0.4, 0.5) is 20.2 Å². The number of nitrogens with zero attached hydrogens (tertiary/aromatic N) is 5. The predicted octanol–water partition coefficient (Wildman–Crippen LogP) is 2.57. The van der Waals surface area contributed by atoms with Gasteiger partial charge in [0.05, 0.1) is 11.4 Å². The first-order valence-electron chi connectivity index (χ1n) is 11.3. The first-order valence-corrected chi connectivity index (χ1v) is 12.7. The number of benzene rings is 1. The molecule has 2 aliphatic heterocycles. The van der Waals surface area contributed by atoms with Gasteiger partial charge in [-0.3, -0.25) is 23.3 Å². The van der Waals surface area contributed by atoms with Crippen molar-refractivity contribution in [3.8, 4) is 11.1 Å². The van der Waals surface area contributed by atoms with Crippen LogP contribution >= 0.6 is 0 Å². The zero-order valence-electron chi connectivity index (χ0n) is 19.1. The van der Waals surface area contributed by atoms with Gasteiger partial charge in [0.15, 0.2) is 0 Å². The molecule has 2 aromatic rings. The van der Waals surface area contributed by atoms with Crippen LogP contribution in [0.25, 0.3) is 11.1 Å². The first-order chi connectivity index (χ1) is 16.1. The molecule has 1 saturated carbocycles. The fraction of sp³-hybridized carbons (Fsp3) is 0.478. The number of alkyl halides is 2. The summed E-state index contributed by atoms with van der Waals surface area (Å²) in [4.78, 5) is 20.0. The molecule has 11 heteroatoms. The van der Waals surface area contributed by atoms with E-state index in [9.17, 15) is 22.0 Å². The van der Waals surface area contributed by atoms with Crippen LogP contribution in [0.15, 0.2) is 36.7 Å². The lowest BCUT2D eigenvalue weighted by atomic mass is 10.0. The van der Waals surface area contributed by atoms with Crippen LogP contribution in [0.2, 0.25) is 0 Å². The number of rotatable bonds is 5. The number of hydrogen-bond acceptors (Lipinski definition) is 5. The predicted molar refractivity (Wildman–Crippen MR) is 125 cm³/mol. The quantitative estimate of drug-likeness (QED) is 0.643. The second kappa shape index (κ2) is 8.16. The molecule has 8 nitrogen and oxygen atoms in total. The van der Waals surface area contributed by atoms with Gasteiger partial charge in [-0.1, -0.05) is 6.07 Å². The Labute approximate surface area is 197 Å². The Balaban J connectivity index is 1.35. The number of carbonyl (C=O) groups excluding carboxylic acids is 1. The summed E-state index contributed by atoms with van der Waals surface area (Å²) in [6, 6.07) is 7.28. The van der Waals surface area contributed by atoms with Crippen molar-refractivity contribution in [1.29, 1.82) is 0 Å². The lowest BCUT2D eigenvalue weighted by molar-refractivity contribution is -0.130. The molecule has 3 heterocycles. The highest BCUT2D eigenvalue weighted by Crippen LogP contribution is 2.51.